The van der Waals surface area contributed by atoms with Crippen LogP contribution in [0.2, 0.25) is 0 Å². The summed E-state index contributed by atoms with van der Waals surface area (Å²) in [5.41, 5.74) is -1.58. The van der Waals surface area contributed by atoms with E-state index in [2.05, 4.69) is 9.37 Å². The second-order valence-corrected chi connectivity index (χ2v) is 14.9. The Balaban J connectivity index is 1.98. The Morgan fingerprint density at radius 1 is 0.739 bits per heavy atom. The number of nitrogens with zero attached hydrogens (tertiary/aromatic N) is 2. The Morgan fingerprint density at radius 2 is 1.15 bits per heavy atom. The molecule has 0 spiro atoms. The summed E-state index contributed by atoms with van der Waals surface area (Å²) < 4.78 is 40.5. The maximum absolute atomic E-state index is 14.3. The zero-order chi connectivity index (χ0) is 33.9. The molecule has 0 atom stereocenters. The molecule has 5 aromatic rings. The first-order chi connectivity index (χ1) is 21.4. The van der Waals surface area contributed by atoms with Crippen molar-refractivity contribution in [3.05, 3.63) is 80.1 Å². The van der Waals surface area contributed by atoms with Gasteiger partial charge in [-0.2, -0.15) is 8.42 Å². The van der Waals surface area contributed by atoms with Crippen LogP contribution < -0.4 is 10.9 Å². The fraction of sp³-hybridized carbons (Fsp3) is 0.312. The lowest BCUT2D eigenvalue weighted by Crippen LogP contribution is -2.37. The van der Waals surface area contributed by atoms with Crippen molar-refractivity contribution in [3.8, 4) is 0 Å². The van der Waals surface area contributed by atoms with Crippen LogP contribution in [0, 0.1) is 24.7 Å². The highest BCUT2D eigenvalue weighted by Gasteiger charge is 2.36. The number of benzene rings is 3. The van der Waals surface area contributed by atoms with Crippen LogP contribution >= 0.6 is 12.0 Å². The van der Waals surface area contributed by atoms with Crippen molar-refractivity contribution < 1.29 is 37.2 Å². The molecule has 0 aliphatic rings. The Bertz CT molecular complexity index is 2340. The van der Waals surface area contributed by atoms with Gasteiger partial charge < -0.3 is 0 Å². The predicted molar refractivity (Wildman–Crippen MR) is 177 cm³/mol. The molecule has 2 aromatic heterocycles. The SMILES string of the molecule is Cc1ccc2c(c1)c(=O)c1cc3c(cc1n2C(=O)C(C)(C)CSOOO)c(=O)c1cc(C)ccc1n3C(=O)C(C)(C)CS(=O)(=O)O. The maximum atomic E-state index is 14.3. The van der Waals surface area contributed by atoms with Crippen LogP contribution in [0.15, 0.2) is 58.1 Å². The van der Waals surface area contributed by atoms with Gasteiger partial charge in [-0.25, -0.2) is 5.26 Å². The van der Waals surface area contributed by atoms with Gasteiger partial charge in [-0.05, 0) is 64.1 Å². The average molecular weight is 669 g/mol. The predicted octanol–water partition coefficient (Wildman–Crippen LogP) is 5.53. The summed E-state index contributed by atoms with van der Waals surface area (Å²) in [6.07, 6.45) is 0. The van der Waals surface area contributed by atoms with Crippen molar-refractivity contribution in [1.82, 2.24) is 9.13 Å². The number of pyridine rings is 2. The number of aromatic nitrogens is 2. The molecular weight excluding hydrogens is 636 g/mol. The number of aryl methyl sites for hydroxylation is 2. The van der Waals surface area contributed by atoms with E-state index in [1.54, 1.807) is 64.1 Å². The normalized spacial score (nSPS) is 12.9. The maximum Gasteiger partial charge on any atom is 0.265 e. The van der Waals surface area contributed by atoms with E-state index in [9.17, 15) is 32.1 Å². The molecular formula is C32H32N2O10S2. The van der Waals surface area contributed by atoms with Crippen LogP contribution in [-0.2, 0) is 19.5 Å². The highest BCUT2D eigenvalue weighted by atomic mass is 32.2. The summed E-state index contributed by atoms with van der Waals surface area (Å²) >= 11 is 0.699. The third-order valence-corrected chi connectivity index (χ3v) is 10.0. The summed E-state index contributed by atoms with van der Waals surface area (Å²) in [5.74, 6) is -2.05. The van der Waals surface area contributed by atoms with Crippen molar-refractivity contribution in [2.75, 3.05) is 11.5 Å². The van der Waals surface area contributed by atoms with Gasteiger partial charge in [0, 0.05) is 39.3 Å². The molecule has 0 aliphatic carbocycles. The van der Waals surface area contributed by atoms with E-state index < -0.39 is 49.4 Å². The lowest BCUT2D eigenvalue weighted by atomic mass is 9.93. The van der Waals surface area contributed by atoms with Crippen molar-refractivity contribution in [1.29, 1.82) is 0 Å². The van der Waals surface area contributed by atoms with E-state index >= 15 is 0 Å². The quantitative estimate of drug-likeness (QED) is 0.0532. The molecule has 12 nitrogen and oxygen atoms in total. The van der Waals surface area contributed by atoms with Crippen LogP contribution in [0.3, 0.4) is 0 Å². The smallest absolute Gasteiger partial charge is 0.265 e. The first-order valence-electron chi connectivity index (χ1n) is 14.1. The zero-order valence-electron chi connectivity index (χ0n) is 25.9. The van der Waals surface area contributed by atoms with Crippen LogP contribution in [0.25, 0.3) is 43.6 Å². The highest BCUT2D eigenvalue weighted by molar-refractivity contribution is 7.94. The number of carbonyl (C=O) groups is 2. The van der Waals surface area contributed by atoms with Crippen LogP contribution in [0.1, 0.15) is 48.4 Å². The molecule has 0 fully saturated rings. The minimum atomic E-state index is -4.58. The van der Waals surface area contributed by atoms with Gasteiger partial charge in [0.15, 0.2) is 10.9 Å². The molecule has 242 valence electrons. The fourth-order valence-corrected chi connectivity index (χ4v) is 7.27. The first-order valence-corrected chi connectivity index (χ1v) is 16.6. The van der Waals surface area contributed by atoms with E-state index in [0.29, 0.717) is 17.6 Å². The fourth-order valence-electron chi connectivity index (χ4n) is 5.73. The van der Waals surface area contributed by atoms with E-state index in [1.807, 2.05) is 0 Å². The molecule has 2 heterocycles. The third kappa shape index (κ3) is 5.87. The Morgan fingerprint density at radius 3 is 1.57 bits per heavy atom. The topological polar surface area (TPSA) is 171 Å². The lowest BCUT2D eigenvalue weighted by Gasteiger charge is -2.26. The summed E-state index contributed by atoms with van der Waals surface area (Å²) in [6, 6.07) is 12.7. The largest absolute Gasteiger partial charge is 0.288 e. The number of carbonyl (C=O) groups excluding carboxylic acids is 2. The number of hydrogen-bond acceptors (Lipinski definition) is 10. The molecule has 2 N–H and O–H groups in total. The third-order valence-electron chi connectivity index (χ3n) is 7.97. The van der Waals surface area contributed by atoms with E-state index in [0.717, 1.165) is 11.1 Å². The highest BCUT2D eigenvalue weighted by Crippen LogP contribution is 2.33. The summed E-state index contributed by atoms with van der Waals surface area (Å²) in [7, 11) is -4.58. The van der Waals surface area contributed by atoms with Gasteiger partial charge >= 0.3 is 0 Å². The molecule has 0 unspecified atom stereocenters. The van der Waals surface area contributed by atoms with Gasteiger partial charge in [-0.15, -0.1) is 4.33 Å². The van der Waals surface area contributed by atoms with Gasteiger partial charge in [-0.1, -0.05) is 42.1 Å². The van der Waals surface area contributed by atoms with E-state index in [1.165, 1.54) is 35.1 Å². The van der Waals surface area contributed by atoms with Gasteiger partial charge in [0.25, 0.3) is 10.1 Å². The first kappa shape index (κ1) is 33.4. The van der Waals surface area contributed by atoms with Crippen LogP contribution in [0.5, 0.6) is 0 Å². The molecule has 0 amide bonds. The molecule has 0 saturated heterocycles. The molecule has 14 heteroatoms. The second-order valence-electron chi connectivity index (χ2n) is 12.8. The molecule has 0 saturated carbocycles. The van der Waals surface area contributed by atoms with Crippen LogP contribution in [0.4, 0.5) is 0 Å². The number of hydrogen-bond donors (Lipinski definition) is 2. The standard InChI is InChI=1S/C32H32N2O10S2/c1-17-7-9-23-19(11-17)27(35)21-14-26-22(13-25(21)33(23)29(37)31(3,4)15-45-44-43-39)28(36)20-12-18(2)8-10-24(20)34(26)30(38)32(5,6)16-46(40,41)42/h7-14,39H,15-16H2,1-6H3,(H,40,41,42). The van der Waals surface area contributed by atoms with Crippen molar-refractivity contribution in [2.24, 2.45) is 10.8 Å². The lowest BCUT2D eigenvalue weighted by molar-refractivity contribution is -0.432. The van der Waals surface area contributed by atoms with Gasteiger partial charge in [-0.3, -0.25) is 32.9 Å². The average Bonchev–Trinajstić information content (AvgIpc) is 2.96. The summed E-state index contributed by atoms with van der Waals surface area (Å²) in [6.45, 7) is 9.59. The molecule has 46 heavy (non-hydrogen) atoms. The zero-order valence-corrected chi connectivity index (χ0v) is 27.5. The molecule has 5 rings (SSSR count). The minimum Gasteiger partial charge on any atom is -0.288 e. The van der Waals surface area contributed by atoms with Gasteiger partial charge in [0.05, 0.1) is 38.6 Å². The van der Waals surface area contributed by atoms with Crippen LogP contribution in [-0.4, -0.2) is 50.7 Å². The van der Waals surface area contributed by atoms with Crippen molar-refractivity contribution in [2.45, 2.75) is 41.5 Å². The van der Waals surface area contributed by atoms with Crippen molar-refractivity contribution >= 4 is 77.6 Å². The van der Waals surface area contributed by atoms with Gasteiger partial charge in [0.2, 0.25) is 11.8 Å². The van der Waals surface area contributed by atoms with E-state index in [-0.39, 0.29) is 43.8 Å². The molecule has 3 aromatic carbocycles. The Hall–Kier alpha value is -3.92. The second kappa shape index (κ2) is 11.7. The Labute approximate surface area is 267 Å². The minimum absolute atomic E-state index is 0.0122. The van der Waals surface area contributed by atoms with Crippen molar-refractivity contribution in [3.63, 3.8) is 0 Å². The van der Waals surface area contributed by atoms with Gasteiger partial charge in [0.1, 0.15) is 0 Å². The number of rotatable bonds is 8. The summed E-state index contributed by atoms with van der Waals surface area (Å²) in [4.78, 5) is 56.6. The molecule has 0 bridgehead atoms. The molecule has 0 aliphatic heterocycles. The summed E-state index contributed by atoms with van der Waals surface area (Å²) in [5, 5.41) is 12.7. The van der Waals surface area contributed by atoms with E-state index in [4.69, 9.17) is 5.26 Å². The number of fused-ring (bicyclic) bond motifs is 4. The molecule has 0 radical (unpaired) electrons. The Kier molecular flexibility index (Phi) is 8.51. The monoisotopic (exact) mass is 668 g/mol.